The van der Waals surface area contributed by atoms with E-state index < -0.39 is 0 Å². The number of carbonyl (C=O) groups excluding carboxylic acids is 1. The molecule has 21 heavy (non-hydrogen) atoms. The number of Topliss-reactive ketones (excluding diaryl/α,β-unsaturated/α-hetero) is 1. The van der Waals surface area contributed by atoms with Crippen LogP contribution in [0.2, 0.25) is 0 Å². The highest BCUT2D eigenvalue weighted by atomic mass is 16.5. The summed E-state index contributed by atoms with van der Waals surface area (Å²) in [6.45, 7) is 13.9. The van der Waals surface area contributed by atoms with Gasteiger partial charge in [-0.3, -0.25) is 4.79 Å². The minimum Gasteiger partial charge on any atom is -0.493 e. The second-order valence-electron chi connectivity index (χ2n) is 5.48. The molecule has 0 fully saturated rings. The first kappa shape index (κ1) is 17.7. The highest BCUT2D eigenvalue weighted by Crippen LogP contribution is 2.24. The third kappa shape index (κ3) is 5.16. The minimum absolute atomic E-state index is 0.226. The average molecular weight is 291 g/mol. The number of hydrogen-bond acceptors (Lipinski definition) is 3. The summed E-state index contributed by atoms with van der Waals surface area (Å²) in [7, 11) is 0. The Kier molecular flexibility index (Phi) is 7.44. The number of benzene rings is 1. The summed E-state index contributed by atoms with van der Waals surface area (Å²) in [6.07, 6.45) is 1.57. The molecule has 0 spiro atoms. The van der Waals surface area contributed by atoms with Crippen molar-refractivity contribution in [3.05, 3.63) is 28.8 Å². The molecule has 1 rings (SSSR count). The quantitative estimate of drug-likeness (QED) is 0.644. The molecule has 1 aromatic rings. The van der Waals surface area contributed by atoms with Crippen LogP contribution in [-0.2, 0) is 0 Å². The lowest BCUT2D eigenvalue weighted by atomic mass is 9.99. The van der Waals surface area contributed by atoms with Gasteiger partial charge in [0.15, 0.2) is 5.78 Å². The fourth-order valence-electron chi connectivity index (χ4n) is 2.39. The van der Waals surface area contributed by atoms with Crippen molar-refractivity contribution in [1.29, 1.82) is 0 Å². The van der Waals surface area contributed by atoms with Gasteiger partial charge >= 0.3 is 0 Å². The second-order valence-corrected chi connectivity index (χ2v) is 5.48. The molecule has 1 aromatic carbocycles. The molecule has 0 aliphatic heterocycles. The summed E-state index contributed by atoms with van der Waals surface area (Å²) in [5, 5.41) is 0. The molecule has 3 heteroatoms. The highest BCUT2D eigenvalue weighted by molar-refractivity contribution is 5.98. The smallest absolute Gasteiger partial charge is 0.164 e. The van der Waals surface area contributed by atoms with Crippen LogP contribution >= 0.6 is 0 Å². The summed E-state index contributed by atoms with van der Waals surface area (Å²) >= 11 is 0. The van der Waals surface area contributed by atoms with Crippen molar-refractivity contribution >= 4 is 5.78 Å². The summed E-state index contributed by atoms with van der Waals surface area (Å²) in [5.74, 6) is 1.12. The molecule has 0 aliphatic carbocycles. The molecule has 0 aliphatic rings. The van der Waals surface area contributed by atoms with Gasteiger partial charge in [0.25, 0.3) is 0 Å². The lowest BCUT2D eigenvalue weighted by molar-refractivity contribution is 0.0966. The number of ether oxygens (including phenoxy) is 1. The lowest BCUT2D eigenvalue weighted by Gasteiger charge is -2.18. The molecule has 3 nitrogen and oxygen atoms in total. The fraction of sp³-hybridized carbons (Fsp3) is 0.611. The van der Waals surface area contributed by atoms with Gasteiger partial charge in [0.1, 0.15) is 5.75 Å². The van der Waals surface area contributed by atoms with Crippen molar-refractivity contribution in [2.24, 2.45) is 0 Å². The molecule has 0 amide bonds. The van der Waals surface area contributed by atoms with Crippen molar-refractivity contribution in [3.63, 3.8) is 0 Å². The molecule has 0 heterocycles. The first-order valence-electron chi connectivity index (χ1n) is 8.03. The Hall–Kier alpha value is -1.35. The third-order valence-corrected chi connectivity index (χ3v) is 3.83. The molecule has 0 bridgehead atoms. The van der Waals surface area contributed by atoms with Crippen molar-refractivity contribution < 1.29 is 9.53 Å². The van der Waals surface area contributed by atoms with Crippen molar-refractivity contribution in [2.75, 3.05) is 26.2 Å². The van der Waals surface area contributed by atoms with E-state index in [1.54, 1.807) is 0 Å². The van der Waals surface area contributed by atoms with E-state index in [0.29, 0.717) is 6.42 Å². The number of hydrogen-bond donors (Lipinski definition) is 0. The Morgan fingerprint density at radius 1 is 1.10 bits per heavy atom. The summed E-state index contributed by atoms with van der Waals surface area (Å²) in [6, 6.07) is 3.97. The van der Waals surface area contributed by atoms with Crippen LogP contribution in [0.4, 0.5) is 0 Å². The number of nitrogens with zero attached hydrogens (tertiary/aromatic N) is 1. The van der Waals surface area contributed by atoms with Crippen LogP contribution in [0.1, 0.15) is 55.1 Å². The summed E-state index contributed by atoms with van der Waals surface area (Å²) < 4.78 is 5.71. The second kappa shape index (κ2) is 8.83. The van der Waals surface area contributed by atoms with Gasteiger partial charge in [0.05, 0.1) is 6.61 Å². The first-order valence-corrected chi connectivity index (χ1v) is 8.03. The van der Waals surface area contributed by atoms with Gasteiger partial charge in [0, 0.05) is 18.5 Å². The Morgan fingerprint density at radius 2 is 1.76 bits per heavy atom. The average Bonchev–Trinajstić information content (AvgIpc) is 2.48. The van der Waals surface area contributed by atoms with Crippen LogP contribution < -0.4 is 4.74 Å². The van der Waals surface area contributed by atoms with Crippen molar-refractivity contribution in [1.82, 2.24) is 4.90 Å². The molecular weight excluding hydrogens is 262 g/mol. The number of ketones is 1. The Morgan fingerprint density at radius 3 is 2.33 bits per heavy atom. The zero-order valence-electron chi connectivity index (χ0n) is 14.2. The van der Waals surface area contributed by atoms with Crippen molar-refractivity contribution in [3.8, 4) is 5.75 Å². The maximum Gasteiger partial charge on any atom is 0.164 e. The van der Waals surface area contributed by atoms with E-state index >= 15 is 0 Å². The topological polar surface area (TPSA) is 29.5 Å². The van der Waals surface area contributed by atoms with Crippen LogP contribution in [0.25, 0.3) is 0 Å². The lowest BCUT2D eigenvalue weighted by Crippen LogP contribution is -2.25. The van der Waals surface area contributed by atoms with E-state index in [1.807, 2.05) is 26.0 Å². The largest absolute Gasteiger partial charge is 0.493 e. The minimum atomic E-state index is 0.226. The van der Waals surface area contributed by atoms with Crippen LogP contribution in [0.5, 0.6) is 5.75 Å². The molecular formula is C18H29NO2. The van der Waals surface area contributed by atoms with Crippen LogP contribution in [0, 0.1) is 13.8 Å². The van der Waals surface area contributed by atoms with E-state index in [-0.39, 0.29) is 5.78 Å². The van der Waals surface area contributed by atoms with E-state index in [4.69, 9.17) is 4.74 Å². The predicted molar refractivity (Wildman–Crippen MR) is 88.4 cm³/mol. The summed E-state index contributed by atoms with van der Waals surface area (Å²) in [5.41, 5.74) is 2.89. The standard InChI is InChI=1S/C18H29NO2/c1-6-11-21-18-13-14(4)16(12-15(18)5)17(20)9-10-19(7-2)8-3/h12-13H,6-11H2,1-5H3. The maximum absolute atomic E-state index is 12.4. The van der Waals surface area contributed by atoms with E-state index in [0.717, 1.165) is 55.1 Å². The van der Waals surface area contributed by atoms with Crippen molar-refractivity contribution in [2.45, 2.75) is 47.5 Å². The van der Waals surface area contributed by atoms with Crippen LogP contribution in [-0.4, -0.2) is 36.9 Å². The van der Waals surface area contributed by atoms with Crippen LogP contribution in [0.3, 0.4) is 0 Å². The summed E-state index contributed by atoms with van der Waals surface area (Å²) in [4.78, 5) is 14.7. The van der Waals surface area contributed by atoms with E-state index in [2.05, 4.69) is 25.7 Å². The van der Waals surface area contributed by atoms with Gasteiger partial charge in [-0.25, -0.2) is 0 Å². The molecule has 0 saturated carbocycles. The monoisotopic (exact) mass is 291 g/mol. The molecule has 0 saturated heterocycles. The third-order valence-electron chi connectivity index (χ3n) is 3.83. The Balaban J connectivity index is 2.78. The number of carbonyl (C=O) groups is 1. The predicted octanol–water partition coefficient (Wildman–Crippen LogP) is 4.01. The number of rotatable bonds is 9. The van der Waals surface area contributed by atoms with Gasteiger partial charge in [0.2, 0.25) is 0 Å². The maximum atomic E-state index is 12.4. The number of aryl methyl sites for hydroxylation is 2. The Labute approximate surface area is 129 Å². The van der Waals surface area contributed by atoms with Gasteiger partial charge in [-0.15, -0.1) is 0 Å². The molecule has 0 atom stereocenters. The zero-order chi connectivity index (χ0) is 15.8. The van der Waals surface area contributed by atoms with Gasteiger partial charge in [-0.2, -0.15) is 0 Å². The molecule has 0 unspecified atom stereocenters. The Bertz CT molecular complexity index is 465. The van der Waals surface area contributed by atoms with Gasteiger partial charge in [-0.1, -0.05) is 20.8 Å². The van der Waals surface area contributed by atoms with E-state index in [9.17, 15) is 4.79 Å². The highest BCUT2D eigenvalue weighted by Gasteiger charge is 2.13. The normalized spacial score (nSPS) is 11.0. The molecule has 118 valence electrons. The molecule has 0 radical (unpaired) electrons. The van der Waals surface area contributed by atoms with E-state index in [1.165, 1.54) is 0 Å². The zero-order valence-corrected chi connectivity index (χ0v) is 14.2. The first-order chi connectivity index (χ1) is 10.0. The fourth-order valence-corrected chi connectivity index (χ4v) is 2.39. The molecule has 0 aromatic heterocycles. The SMILES string of the molecule is CCCOc1cc(C)c(C(=O)CCN(CC)CC)cc1C. The van der Waals surface area contributed by atoms with Gasteiger partial charge in [-0.05, 0) is 56.6 Å². The molecule has 0 N–H and O–H groups in total. The van der Waals surface area contributed by atoms with Gasteiger partial charge < -0.3 is 9.64 Å². The van der Waals surface area contributed by atoms with Crippen LogP contribution in [0.15, 0.2) is 12.1 Å².